The van der Waals surface area contributed by atoms with Gasteiger partial charge in [-0.25, -0.2) is 0 Å². The molecule has 0 spiro atoms. The minimum atomic E-state index is -0.145. The highest BCUT2D eigenvalue weighted by molar-refractivity contribution is 8.18. The first-order chi connectivity index (χ1) is 14.7. The molecule has 0 bridgehead atoms. The fraction of sp³-hybridized carbons (Fsp3) is 0.280. The van der Waals surface area contributed by atoms with E-state index in [1.807, 2.05) is 30.3 Å². The van der Waals surface area contributed by atoms with Gasteiger partial charge in [-0.2, -0.15) is 4.99 Å². The van der Waals surface area contributed by atoms with Gasteiger partial charge in [-0.1, -0.05) is 55.1 Å². The van der Waals surface area contributed by atoms with Crippen LogP contribution >= 0.6 is 11.8 Å². The number of amidine groups is 1. The van der Waals surface area contributed by atoms with Gasteiger partial charge in [0.15, 0.2) is 5.17 Å². The van der Waals surface area contributed by atoms with E-state index in [1.165, 1.54) is 17.3 Å². The second-order valence-corrected chi connectivity index (χ2v) is 8.61. The van der Waals surface area contributed by atoms with Crippen LogP contribution in [-0.2, 0) is 11.2 Å². The number of thioether (sulfide) groups is 1. The highest BCUT2D eigenvalue weighted by Crippen LogP contribution is 2.33. The average molecular weight is 419 g/mol. The van der Waals surface area contributed by atoms with Crippen molar-refractivity contribution in [2.24, 2.45) is 10.9 Å². The van der Waals surface area contributed by atoms with Gasteiger partial charge in [-0.05, 0) is 66.3 Å². The molecular weight excluding hydrogens is 392 g/mol. The summed E-state index contributed by atoms with van der Waals surface area (Å²) in [5.41, 5.74) is 2.37. The lowest BCUT2D eigenvalue weighted by atomic mass is 9.90. The number of carbonyl (C=O) groups excluding carboxylic acids is 1. The summed E-state index contributed by atoms with van der Waals surface area (Å²) in [5.74, 6) is 1.34. The summed E-state index contributed by atoms with van der Waals surface area (Å²) in [6.45, 7) is 6.04. The lowest BCUT2D eigenvalue weighted by Gasteiger charge is -2.32. The number of nitrogens with zero attached hydrogens (tertiary/aromatic N) is 2. The summed E-state index contributed by atoms with van der Waals surface area (Å²) in [6, 6.07) is 18.4. The number of rotatable bonds is 6. The maximum Gasteiger partial charge on any atom is 0.286 e. The zero-order valence-corrected chi connectivity index (χ0v) is 17.8. The van der Waals surface area contributed by atoms with Crippen molar-refractivity contribution in [1.29, 1.82) is 0 Å². The van der Waals surface area contributed by atoms with E-state index in [9.17, 15) is 4.79 Å². The highest BCUT2D eigenvalue weighted by atomic mass is 32.2. The number of hydrogen-bond acceptors (Lipinski definition) is 4. The molecule has 5 heteroatoms. The van der Waals surface area contributed by atoms with Crippen molar-refractivity contribution < 1.29 is 9.53 Å². The van der Waals surface area contributed by atoms with Crippen molar-refractivity contribution in [3.63, 3.8) is 0 Å². The molecule has 0 unspecified atom stereocenters. The first kappa shape index (κ1) is 20.5. The number of amides is 1. The Morgan fingerprint density at radius 1 is 1.10 bits per heavy atom. The molecule has 2 heterocycles. The molecule has 2 aliphatic heterocycles. The van der Waals surface area contributed by atoms with Gasteiger partial charge >= 0.3 is 0 Å². The van der Waals surface area contributed by atoms with E-state index in [1.54, 1.807) is 6.08 Å². The van der Waals surface area contributed by atoms with Gasteiger partial charge in [-0.15, -0.1) is 0 Å². The number of piperidine rings is 1. The van der Waals surface area contributed by atoms with Gasteiger partial charge in [-0.3, -0.25) is 4.79 Å². The molecule has 2 aromatic carbocycles. The topological polar surface area (TPSA) is 41.9 Å². The van der Waals surface area contributed by atoms with Crippen LogP contribution in [0, 0.1) is 5.92 Å². The smallest absolute Gasteiger partial charge is 0.286 e. The lowest BCUT2D eigenvalue weighted by molar-refractivity contribution is -0.113. The number of aliphatic imine (C=N–C) groups is 1. The fourth-order valence-corrected chi connectivity index (χ4v) is 4.74. The molecule has 0 radical (unpaired) electrons. The second kappa shape index (κ2) is 9.81. The Labute approximate surface area is 182 Å². The molecule has 0 saturated carbocycles. The van der Waals surface area contributed by atoms with Gasteiger partial charge in [0.05, 0.1) is 4.91 Å². The number of likely N-dealkylation sites (tertiary alicyclic amines) is 1. The van der Waals surface area contributed by atoms with Crippen LogP contribution in [-0.4, -0.2) is 35.7 Å². The van der Waals surface area contributed by atoms with E-state index in [-0.39, 0.29) is 5.91 Å². The monoisotopic (exact) mass is 418 g/mol. The molecule has 0 N–H and O–H groups in total. The maximum atomic E-state index is 12.4. The molecule has 1 saturated heterocycles. The molecule has 30 heavy (non-hydrogen) atoms. The predicted octanol–water partition coefficient (Wildman–Crippen LogP) is 5.18. The van der Waals surface area contributed by atoms with Gasteiger partial charge in [0.2, 0.25) is 0 Å². The summed E-state index contributed by atoms with van der Waals surface area (Å²) in [5, 5.41) is 0.843. The molecular formula is C25H26N2O2S. The van der Waals surface area contributed by atoms with E-state index < -0.39 is 0 Å². The summed E-state index contributed by atoms with van der Waals surface area (Å²) in [7, 11) is 0. The first-order valence-corrected chi connectivity index (χ1v) is 11.2. The van der Waals surface area contributed by atoms with Crippen LogP contribution in [0.2, 0.25) is 0 Å². The predicted molar refractivity (Wildman–Crippen MR) is 125 cm³/mol. The number of ether oxygens (including phenoxy) is 1. The van der Waals surface area contributed by atoms with Crippen molar-refractivity contribution in [3.8, 4) is 5.75 Å². The molecule has 0 aromatic heterocycles. The van der Waals surface area contributed by atoms with E-state index in [2.05, 4.69) is 46.8 Å². The number of carbonyl (C=O) groups is 1. The quantitative estimate of drug-likeness (QED) is 0.479. The SMILES string of the molecule is C=CCOc1ccc(C=C2SC(N3CCC(Cc4ccccc4)CC3)=NC2=O)cc1. The minimum Gasteiger partial charge on any atom is -0.490 e. The number of benzene rings is 2. The second-order valence-electron chi connectivity index (χ2n) is 7.60. The third-order valence-corrected chi connectivity index (χ3v) is 6.45. The number of hydrogen-bond donors (Lipinski definition) is 0. The normalized spacial score (nSPS) is 18.5. The molecule has 1 fully saturated rings. The Kier molecular flexibility index (Phi) is 6.70. The Balaban J connectivity index is 1.32. The zero-order valence-electron chi connectivity index (χ0n) is 17.0. The van der Waals surface area contributed by atoms with E-state index in [4.69, 9.17) is 4.74 Å². The van der Waals surface area contributed by atoms with E-state index >= 15 is 0 Å². The maximum absolute atomic E-state index is 12.4. The standard InChI is InChI=1S/C25H26N2O2S/c1-2-16-29-22-10-8-20(9-11-22)18-23-24(28)26-25(30-23)27-14-12-21(13-15-27)17-19-6-4-3-5-7-19/h2-11,18,21H,1,12-17H2. The van der Waals surface area contributed by atoms with Crippen LogP contribution in [0.5, 0.6) is 5.75 Å². The summed E-state index contributed by atoms with van der Waals surface area (Å²) in [4.78, 5) is 19.7. The van der Waals surface area contributed by atoms with Crippen LogP contribution in [0.25, 0.3) is 6.08 Å². The summed E-state index contributed by atoms with van der Waals surface area (Å²) >= 11 is 1.49. The Morgan fingerprint density at radius 3 is 2.53 bits per heavy atom. The molecule has 154 valence electrons. The van der Waals surface area contributed by atoms with Crippen molar-refractivity contribution >= 4 is 28.9 Å². The van der Waals surface area contributed by atoms with Crippen molar-refractivity contribution in [2.45, 2.75) is 19.3 Å². The van der Waals surface area contributed by atoms with Crippen molar-refractivity contribution in [3.05, 3.63) is 83.3 Å². The van der Waals surface area contributed by atoms with E-state index in [0.717, 1.165) is 48.8 Å². The van der Waals surface area contributed by atoms with Crippen LogP contribution in [0.15, 0.2) is 77.1 Å². The van der Waals surface area contributed by atoms with Crippen LogP contribution < -0.4 is 4.74 Å². The molecule has 1 amide bonds. The lowest BCUT2D eigenvalue weighted by Crippen LogP contribution is -2.37. The summed E-state index contributed by atoms with van der Waals surface area (Å²) in [6.07, 6.45) is 7.02. The third kappa shape index (κ3) is 5.22. The molecule has 4 nitrogen and oxygen atoms in total. The molecule has 2 aromatic rings. The molecule has 4 rings (SSSR count). The van der Waals surface area contributed by atoms with Gasteiger partial charge in [0.1, 0.15) is 12.4 Å². The van der Waals surface area contributed by atoms with Crippen LogP contribution in [0.1, 0.15) is 24.0 Å². The Morgan fingerprint density at radius 2 is 1.83 bits per heavy atom. The zero-order chi connectivity index (χ0) is 20.8. The first-order valence-electron chi connectivity index (χ1n) is 10.4. The molecule has 0 aliphatic carbocycles. The van der Waals surface area contributed by atoms with E-state index in [0.29, 0.717) is 17.4 Å². The minimum absolute atomic E-state index is 0.145. The average Bonchev–Trinajstić information content (AvgIpc) is 3.14. The fourth-order valence-electron chi connectivity index (χ4n) is 3.78. The van der Waals surface area contributed by atoms with Crippen LogP contribution in [0.4, 0.5) is 0 Å². The Hall–Kier alpha value is -2.79. The van der Waals surface area contributed by atoms with Gasteiger partial charge in [0, 0.05) is 13.1 Å². The van der Waals surface area contributed by atoms with Crippen LogP contribution in [0.3, 0.4) is 0 Å². The van der Waals surface area contributed by atoms with Gasteiger partial charge < -0.3 is 9.64 Å². The highest BCUT2D eigenvalue weighted by Gasteiger charge is 2.29. The van der Waals surface area contributed by atoms with Crippen molar-refractivity contribution in [1.82, 2.24) is 4.90 Å². The third-order valence-electron chi connectivity index (χ3n) is 5.41. The summed E-state index contributed by atoms with van der Waals surface area (Å²) < 4.78 is 5.50. The molecule has 0 atom stereocenters. The van der Waals surface area contributed by atoms with Gasteiger partial charge in [0.25, 0.3) is 5.91 Å². The largest absolute Gasteiger partial charge is 0.490 e. The molecule has 2 aliphatic rings. The van der Waals surface area contributed by atoms with Crippen molar-refractivity contribution in [2.75, 3.05) is 19.7 Å². The Bertz CT molecular complexity index is 943.